The van der Waals surface area contributed by atoms with Crippen molar-refractivity contribution >= 4 is 12.1 Å². The first-order valence-corrected chi connectivity index (χ1v) is 10.4. The molecule has 1 amide bonds. The summed E-state index contributed by atoms with van der Waals surface area (Å²) < 4.78 is 11.3. The average molecular weight is 411 g/mol. The predicted octanol–water partition coefficient (Wildman–Crippen LogP) is 4.32. The van der Waals surface area contributed by atoms with Crippen LogP contribution in [0.1, 0.15) is 43.7 Å². The van der Waals surface area contributed by atoms with Gasteiger partial charge in [-0.15, -0.1) is 0 Å². The molecule has 0 aliphatic heterocycles. The second-order valence-electron chi connectivity index (χ2n) is 7.63. The lowest BCUT2D eigenvalue weighted by Gasteiger charge is -2.29. The molecular weight excluding hydrogens is 380 g/mol. The molecule has 0 bridgehead atoms. The minimum absolute atomic E-state index is 0.0882. The van der Waals surface area contributed by atoms with Gasteiger partial charge in [-0.3, -0.25) is 4.79 Å². The molecule has 1 N–H and O–H groups in total. The van der Waals surface area contributed by atoms with Gasteiger partial charge in [0.05, 0.1) is 13.3 Å². The summed E-state index contributed by atoms with van der Waals surface area (Å²) >= 11 is 0. The first-order valence-electron chi connectivity index (χ1n) is 10.4. The molecule has 0 heterocycles. The third kappa shape index (κ3) is 6.51. The zero-order valence-corrected chi connectivity index (χ0v) is 17.7. The third-order valence-electron chi connectivity index (χ3n) is 5.35. The Bertz CT molecular complexity index is 838. The Morgan fingerprint density at radius 2 is 1.93 bits per heavy atom. The van der Waals surface area contributed by atoms with Crippen LogP contribution in [0.4, 0.5) is 0 Å². The molecule has 1 fully saturated rings. The molecule has 1 aliphatic rings. The van der Waals surface area contributed by atoms with E-state index in [4.69, 9.17) is 14.3 Å². The maximum atomic E-state index is 12.1. The molecule has 0 unspecified atom stereocenters. The third-order valence-corrected chi connectivity index (χ3v) is 5.35. The van der Waals surface area contributed by atoms with Crippen LogP contribution in [0, 0.1) is 5.92 Å². The number of carbonyl (C=O) groups excluding carboxylic acids is 1. The summed E-state index contributed by atoms with van der Waals surface area (Å²) in [5.41, 5.74) is 1.87. The fourth-order valence-electron chi connectivity index (χ4n) is 3.59. The number of nitrogens with zero attached hydrogens (tertiary/aromatic N) is 1. The van der Waals surface area contributed by atoms with Crippen LogP contribution in [0.5, 0.6) is 11.5 Å². The van der Waals surface area contributed by atoms with E-state index in [2.05, 4.69) is 17.4 Å². The van der Waals surface area contributed by atoms with Crippen molar-refractivity contribution < 1.29 is 19.1 Å². The van der Waals surface area contributed by atoms with E-state index in [9.17, 15) is 4.79 Å². The second-order valence-corrected chi connectivity index (χ2v) is 7.63. The molecular formula is C24H30N2O4. The largest absolute Gasteiger partial charge is 0.493 e. The van der Waals surface area contributed by atoms with E-state index < -0.39 is 0 Å². The summed E-state index contributed by atoms with van der Waals surface area (Å²) in [7, 11) is 1.60. The maximum Gasteiger partial charge on any atom is 0.261 e. The van der Waals surface area contributed by atoms with Crippen LogP contribution < -0.4 is 14.8 Å². The van der Waals surface area contributed by atoms with Crippen molar-refractivity contribution in [2.24, 2.45) is 11.1 Å². The Balaban J connectivity index is 1.47. The van der Waals surface area contributed by atoms with Gasteiger partial charge in [0.2, 0.25) is 0 Å². The number of hydrogen-bond donors (Lipinski definition) is 1. The normalized spacial score (nSPS) is 18.7. The van der Waals surface area contributed by atoms with Gasteiger partial charge < -0.3 is 19.6 Å². The molecule has 1 aliphatic carbocycles. The lowest BCUT2D eigenvalue weighted by atomic mass is 9.86. The summed E-state index contributed by atoms with van der Waals surface area (Å²) in [5.74, 6) is 1.65. The smallest absolute Gasteiger partial charge is 0.261 e. The monoisotopic (exact) mass is 410 g/mol. The highest BCUT2D eigenvalue weighted by molar-refractivity contribution is 5.81. The molecule has 2 aromatic carbocycles. The molecule has 6 nitrogen and oxygen atoms in total. The minimum atomic E-state index is -0.131. The zero-order valence-electron chi connectivity index (χ0n) is 17.7. The molecule has 160 valence electrons. The number of benzene rings is 2. The van der Waals surface area contributed by atoms with Gasteiger partial charge in [-0.2, -0.15) is 0 Å². The minimum Gasteiger partial charge on any atom is -0.493 e. The molecule has 3 rings (SSSR count). The molecule has 6 heteroatoms. The molecule has 2 aromatic rings. The summed E-state index contributed by atoms with van der Waals surface area (Å²) in [5, 5.41) is 6.96. The fourth-order valence-corrected chi connectivity index (χ4v) is 3.59. The highest BCUT2D eigenvalue weighted by Crippen LogP contribution is 2.28. The topological polar surface area (TPSA) is 69.2 Å². The maximum absolute atomic E-state index is 12.1. The number of rotatable bonds is 9. The van der Waals surface area contributed by atoms with E-state index in [0.717, 1.165) is 24.0 Å². The van der Waals surface area contributed by atoms with Crippen molar-refractivity contribution in [2.45, 2.75) is 45.3 Å². The second kappa shape index (κ2) is 11.2. The molecule has 0 radical (unpaired) electrons. The highest BCUT2D eigenvalue weighted by atomic mass is 16.6. The van der Waals surface area contributed by atoms with Gasteiger partial charge in [0.15, 0.2) is 18.1 Å². The number of amides is 1. The van der Waals surface area contributed by atoms with Crippen molar-refractivity contribution in [2.75, 3.05) is 13.7 Å². The van der Waals surface area contributed by atoms with Crippen molar-refractivity contribution in [3.05, 3.63) is 59.7 Å². The first kappa shape index (κ1) is 21.7. The Labute approximate surface area is 178 Å². The van der Waals surface area contributed by atoms with Gasteiger partial charge in [-0.05, 0) is 42.5 Å². The Hall–Kier alpha value is -3.02. The van der Waals surface area contributed by atoms with Crippen molar-refractivity contribution in [1.82, 2.24) is 5.32 Å². The van der Waals surface area contributed by atoms with E-state index in [1.165, 1.54) is 12.8 Å². The van der Waals surface area contributed by atoms with Gasteiger partial charge >= 0.3 is 0 Å². The van der Waals surface area contributed by atoms with Crippen LogP contribution in [0.3, 0.4) is 0 Å². The molecule has 2 atom stereocenters. The van der Waals surface area contributed by atoms with Gasteiger partial charge in [0.1, 0.15) is 6.61 Å². The van der Waals surface area contributed by atoms with E-state index >= 15 is 0 Å². The molecule has 30 heavy (non-hydrogen) atoms. The highest BCUT2D eigenvalue weighted by Gasteiger charge is 2.22. The molecule has 0 aromatic heterocycles. The van der Waals surface area contributed by atoms with Crippen molar-refractivity contribution in [3.8, 4) is 11.5 Å². The van der Waals surface area contributed by atoms with E-state index in [1.807, 2.05) is 48.5 Å². The first-order chi connectivity index (χ1) is 14.7. The van der Waals surface area contributed by atoms with Crippen molar-refractivity contribution in [3.63, 3.8) is 0 Å². The summed E-state index contributed by atoms with van der Waals surface area (Å²) in [6.45, 7) is 2.56. The molecule has 0 saturated heterocycles. The van der Waals surface area contributed by atoms with E-state index in [1.54, 1.807) is 13.3 Å². The van der Waals surface area contributed by atoms with Crippen LogP contribution in [0.2, 0.25) is 0 Å². The van der Waals surface area contributed by atoms with Gasteiger partial charge in [0.25, 0.3) is 5.91 Å². The molecule has 1 saturated carbocycles. The number of carbonyl (C=O) groups is 1. The molecule has 0 spiro atoms. The average Bonchev–Trinajstić information content (AvgIpc) is 2.78. The Morgan fingerprint density at radius 1 is 1.13 bits per heavy atom. The van der Waals surface area contributed by atoms with Gasteiger partial charge in [-0.1, -0.05) is 55.3 Å². The van der Waals surface area contributed by atoms with Gasteiger partial charge in [-0.25, -0.2) is 0 Å². The van der Waals surface area contributed by atoms with Crippen molar-refractivity contribution in [1.29, 1.82) is 0 Å². The van der Waals surface area contributed by atoms with E-state index in [0.29, 0.717) is 24.0 Å². The van der Waals surface area contributed by atoms with Gasteiger partial charge in [0, 0.05) is 11.6 Å². The van der Waals surface area contributed by atoms with Crippen LogP contribution in [0.15, 0.2) is 53.7 Å². The standard InChI is InChI=1S/C24H30N2O4/c1-18-8-6-7-11-21(18)26-24(27)17-30-25-15-20-12-13-22(23(14-20)28-2)29-16-19-9-4-3-5-10-19/h3-5,9-10,12-15,18,21H,6-8,11,16-17H2,1-2H3,(H,26,27)/b25-15-/t18-,21-/m0/s1. The van der Waals surface area contributed by atoms with E-state index in [-0.39, 0.29) is 18.6 Å². The lowest BCUT2D eigenvalue weighted by Crippen LogP contribution is -2.42. The van der Waals surface area contributed by atoms with Crippen LogP contribution in [-0.4, -0.2) is 31.9 Å². The van der Waals surface area contributed by atoms with Crippen LogP contribution >= 0.6 is 0 Å². The van der Waals surface area contributed by atoms with Crippen LogP contribution in [0.25, 0.3) is 0 Å². The predicted molar refractivity (Wildman–Crippen MR) is 117 cm³/mol. The number of nitrogens with one attached hydrogen (secondary N) is 1. The number of oxime groups is 1. The number of ether oxygens (including phenoxy) is 2. The zero-order chi connectivity index (χ0) is 21.2. The summed E-state index contributed by atoms with van der Waals surface area (Å²) in [6, 6.07) is 15.7. The SMILES string of the molecule is COc1cc(/C=N\OCC(=O)N[C@H]2CCCC[C@@H]2C)ccc1OCc1ccccc1. The quantitative estimate of drug-likeness (QED) is 0.494. The summed E-state index contributed by atoms with van der Waals surface area (Å²) in [6.07, 6.45) is 6.17. The number of hydrogen-bond acceptors (Lipinski definition) is 5. The lowest BCUT2D eigenvalue weighted by molar-refractivity contribution is -0.126. The summed E-state index contributed by atoms with van der Waals surface area (Å²) in [4.78, 5) is 17.2. The Kier molecular flexibility index (Phi) is 8.12. The fraction of sp³-hybridized carbons (Fsp3) is 0.417. The number of methoxy groups -OCH3 is 1. The Morgan fingerprint density at radius 3 is 2.70 bits per heavy atom. The van der Waals surface area contributed by atoms with Crippen LogP contribution in [-0.2, 0) is 16.2 Å².